The summed E-state index contributed by atoms with van der Waals surface area (Å²) >= 11 is 0. The van der Waals surface area contributed by atoms with Gasteiger partial charge in [-0.1, -0.05) is 0 Å². The minimum absolute atomic E-state index is 0.0235. The molecule has 2 aliphatic heterocycles. The van der Waals surface area contributed by atoms with E-state index in [1.54, 1.807) is 6.92 Å². The lowest BCUT2D eigenvalue weighted by molar-refractivity contribution is -0.917. The van der Waals surface area contributed by atoms with E-state index in [1.165, 1.54) is 4.90 Å². The highest BCUT2D eigenvalue weighted by Crippen LogP contribution is 2.19. The van der Waals surface area contributed by atoms with Crippen LogP contribution in [0.2, 0.25) is 0 Å². The number of ether oxygens (including phenoxy) is 1. The molecular weight excluding hydrogens is 332 g/mol. The second-order valence-electron chi connectivity index (χ2n) is 7.02. The Morgan fingerprint density at radius 1 is 1.08 bits per heavy atom. The summed E-state index contributed by atoms with van der Waals surface area (Å²) < 4.78 is 5.38. The summed E-state index contributed by atoms with van der Waals surface area (Å²) in [7, 11) is 0. The molecule has 0 saturated carbocycles. The smallest absolute Gasteiger partial charge is 0.282 e. The molecule has 2 N–H and O–H groups in total. The number of hydrogen-bond acceptors (Lipinski definition) is 4. The number of quaternary nitrogens is 1. The van der Waals surface area contributed by atoms with E-state index >= 15 is 0 Å². The van der Waals surface area contributed by atoms with Gasteiger partial charge in [-0.15, -0.1) is 0 Å². The molecule has 0 aliphatic carbocycles. The molecule has 0 aromatic heterocycles. The summed E-state index contributed by atoms with van der Waals surface area (Å²) in [6, 6.07) is 7.87. The molecule has 2 heterocycles. The molecule has 7 heteroatoms. The van der Waals surface area contributed by atoms with E-state index < -0.39 is 0 Å². The Kier molecular flexibility index (Phi) is 6.11. The molecule has 1 aromatic carbocycles. The van der Waals surface area contributed by atoms with Gasteiger partial charge in [0.2, 0.25) is 5.91 Å². The third kappa shape index (κ3) is 4.53. The number of rotatable bonds is 4. The van der Waals surface area contributed by atoms with E-state index in [9.17, 15) is 9.59 Å². The van der Waals surface area contributed by atoms with Crippen molar-refractivity contribution in [2.24, 2.45) is 0 Å². The van der Waals surface area contributed by atoms with Crippen LogP contribution in [-0.2, 0) is 14.3 Å². The maximum atomic E-state index is 12.6. The Hall–Kier alpha value is -2.12. The van der Waals surface area contributed by atoms with Crippen molar-refractivity contribution >= 4 is 23.2 Å². The molecule has 3 rings (SSSR count). The first-order valence-corrected chi connectivity index (χ1v) is 9.38. The van der Waals surface area contributed by atoms with Gasteiger partial charge in [0.05, 0.1) is 39.4 Å². The van der Waals surface area contributed by atoms with Gasteiger partial charge in [0.25, 0.3) is 5.91 Å². The molecule has 2 saturated heterocycles. The number of anilines is 2. The molecule has 0 unspecified atom stereocenters. The quantitative estimate of drug-likeness (QED) is 0.766. The van der Waals surface area contributed by atoms with Crippen LogP contribution in [0.3, 0.4) is 0 Å². The van der Waals surface area contributed by atoms with Gasteiger partial charge < -0.3 is 24.8 Å². The summed E-state index contributed by atoms with van der Waals surface area (Å²) in [5, 5.41) is 3.02. The molecule has 0 bridgehead atoms. The third-order valence-corrected chi connectivity index (χ3v) is 5.37. The van der Waals surface area contributed by atoms with Crippen LogP contribution in [0.15, 0.2) is 24.3 Å². The number of carbonyl (C=O) groups is 2. The third-order valence-electron chi connectivity index (χ3n) is 5.37. The molecule has 1 aromatic rings. The van der Waals surface area contributed by atoms with Crippen LogP contribution in [0, 0.1) is 0 Å². The van der Waals surface area contributed by atoms with Crippen molar-refractivity contribution in [1.29, 1.82) is 0 Å². The van der Waals surface area contributed by atoms with Gasteiger partial charge >= 0.3 is 0 Å². The second-order valence-corrected chi connectivity index (χ2v) is 7.02. The summed E-state index contributed by atoms with van der Waals surface area (Å²) in [4.78, 5) is 29.4. The lowest BCUT2D eigenvalue weighted by Gasteiger charge is -2.34. The van der Waals surface area contributed by atoms with Crippen molar-refractivity contribution in [3.8, 4) is 0 Å². The average molecular weight is 361 g/mol. The van der Waals surface area contributed by atoms with Gasteiger partial charge in [-0.25, -0.2) is 0 Å². The fourth-order valence-corrected chi connectivity index (χ4v) is 3.55. The molecule has 0 radical (unpaired) electrons. The number of hydrogen-bond donors (Lipinski definition) is 2. The first kappa shape index (κ1) is 18.7. The summed E-state index contributed by atoms with van der Waals surface area (Å²) in [5.74, 6) is 0.136. The number of amides is 2. The SMILES string of the molecule is CC(=O)N1CC[NH+]([C@H](C)C(=O)Nc2ccc(N3CCOCC3)cc2)CC1. The van der Waals surface area contributed by atoms with Gasteiger partial charge in [0, 0.05) is 31.4 Å². The Balaban J connectivity index is 1.51. The van der Waals surface area contributed by atoms with Gasteiger partial charge in [0.1, 0.15) is 0 Å². The molecule has 0 spiro atoms. The zero-order valence-electron chi connectivity index (χ0n) is 15.7. The lowest BCUT2D eigenvalue weighted by Crippen LogP contribution is -3.19. The second kappa shape index (κ2) is 8.51. The molecule has 26 heavy (non-hydrogen) atoms. The first-order chi connectivity index (χ1) is 12.5. The molecule has 142 valence electrons. The Labute approximate surface area is 154 Å². The van der Waals surface area contributed by atoms with Crippen LogP contribution in [0.5, 0.6) is 0 Å². The fraction of sp³-hybridized carbons (Fsp3) is 0.579. The average Bonchev–Trinajstić information content (AvgIpc) is 2.68. The summed E-state index contributed by atoms with van der Waals surface area (Å²) in [5.41, 5.74) is 1.98. The highest BCUT2D eigenvalue weighted by molar-refractivity contribution is 5.93. The molecular formula is C19H29N4O3+. The van der Waals surface area contributed by atoms with E-state index in [1.807, 2.05) is 36.1 Å². The van der Waals surface area contributed by atoms with Crippen molar-refractivity contribution in [2.75, 3.05) is 62.7 Å². The first-order valence-electron chi connectivity index (χ1n) is 9.38. The van der Waals surface area contributed by atoms with Gasteiger partial charge in [-0.2, -0.15) is 0 Å². The number of nitrogens with one attached hydrogen (secondary N) is 2. The highest BCUT2D eigenvalue weighted by Gasteiger charge is 2.29. The summed E-state index contributed by atoms with van der Waals surface area (Å²) in [6.45, 7) is 9.93. The van der Waals surface area contributed by atoms with Crippen LogP contribution >= 0.6 is 0 Å². The number of nitrogens with zero attached hydrogens (tertiary/aromatic N) is 2. The van der Waals surface area contributed by atoms with Crippen LogP contribution in [0.25, 0.3) is 0 Å². The van der Waals surface area contributed by atoms with E-state index in [-0.39, 0.29) is 17.9 Å². The van der Waals surface area contributed by atoms with Crippen LogP contribution in [0.1, 0.15) is 13.8 Å². The van der Waals surface area contributed by atoms with E-state index in [2.05, 4.69) is 10.2 Å². The molecule has 2 aliphatic rings. The molecule has 2 amide bonds. The number of morpholine rings is 1. The number of carbonyl (C=O) groups excluding carboxylic acids is 2. The zero-order chi connectivity index (χ0) is 18.5. The van der Waals surface area contributed by atoms with E-state index in [0.717, 1.165) is 63.9 Å². The molecule has 2 fully saturated rings. The standard InChI is InChI=1S/C19H28N4O3/c1-15(21-7-9-22(10-8-21)16(2)24)19(25)20-17-3-5-18(6-4-17)23-11-13-26-14-12-23/h3-6,15H,7-14H2,1-2H3,(H,20,25)/p+1/t15-/m1/s1. The Bertz CT molecular complexity index is 620. The van der Waals surface area contributed by atoms with Crippen molar-refractivity contribution in [1.82, 2.24) is 4.90 Å². The number of benzene rings is 1. The van der Waals surface area contributed by atoms with Crippen LogP contribution in [-0.4, -0.2) is 75.2 Å². The van der Waals surface area contributed by atoms with Gasteiger partial charge in [-0.3, -0.25) is 9.59 Å². The minimum Gasteiger partial charge on any atom is -0.378 e. The Morgan fingerprint density at radius 3 is 2.27 bits per heavy atom. The monoisotopic (exact) mass is 361 g/mol. The van der Waals surface area contributed by atoms with Crippen LogP contribution < -0.4 is 15.1 Å². The normalized spacial score (nSPS) is 19.9. The van der Waals surface area contributed by atoms with Crippen molar-refractivity contribution in [3.05, 3.63) is 24.3 Å². The van der Waals surface area contributed by atoms with Crippen molar-refractivity contribution in [2.45, 2.75) is 19.9 Å². The topological polar surface area (TPSA) is 66.3 Å². The van der Waals surface area contributed by atoms with E-state index in [4.69, 9.17) is 4.74 Å². The minimum atomic E-state index is -0.136. The fourth-order valence-electron chi connectivity index (χ4n) is 3.55. The highest BCUT2D eigenvalue weighted by atomic mass is 16.5. The zero-order valence-corrected chi connectivity index (χ0v) is 15.7. The van der Waals surface area contributed by atoms with Crippen molar-refractivity contribution < 1.29 is 19.2 Å². The maximum Gasteiger partial charge on any atom is 0.282 e. The lowest BCUT2D eigenvalue weighted by atomic mass is 10.2. The summed E-state index contributed by atoms with van der Waals surface area (Å²) in [6.07, 6.45) is 0. The number of piperazine rings is 1. The largest absolute Gasteiger partial charge is 0.378 e. The van der Waals surface area contributed by atoms with Crippen molar-refractivity contribution in [3.63, 3.8) is 0 Å². The maximum absolute atomic E-state index is 12.6. The van der Waals surface area contributed by atoms with Gasteiger partial charge in [0.15, 0.2) is 6.04 Å². The predicted molar refractivity (Wildman–Crippen MR) is 101 cm³/mol. The molecule has 1 atom stereocenters. The molecule has 7 nitrogen and oxygen atoms in total. The van der Waals surface area contributed by atoms with E-state index in [0.29, 0.717) is 0 Å². The van der Waals surface area contributed by atoms with Gasteiger partial charge in [-0.05, 0) is 31.2 Å². The Morgan fingerprint density at radius 2 is 1.69 bits per heavy atom. The predicted octanol–water partition coefficient (Wildman–Crippen LogP) is -0.403. The van der Waals surface area contributed by atoms with Crippen LogP contribution in [0.4, 0.5) is 11.4 Å².